The van der Waals surface area contributed by atoms with Crippen molar-refractivity contribution in [1.29, 1.82) is 0 Å². The average Bonchev–Trinajstić information content (AvgIpc) is 2.70. The first-order valence-corrected chi connectivity index (χ1v) is 5.91. The molecule has 0 aliphatic heterocycles. The fraction of sp³-hybridized carbons (Fsp3) is 0.600. The smallest absolute Gasteiger partial charge is 0.220 e. The summed E-state index contributed by atoms with van der Waals surface area (Å²) in [5, 5.41) is 14.3. The SMILES string of the molecule is CC(NC(=O)CCCCO)c1nccs1. The van der Waals surface area contributed by atoms with Crippen LogP contribution in [0.15, 0.2) is 11.6 Å². The minimum Gasteiger partial charge on any atom is -0.396 e. The molecule has 0 bridgehead atoms. The topological polar surface area (TPSA) is 62.2 Å². The highest BCUT2D eigenvalue weighted by atomic mass is 32.1. The predicted octanol–water partition coefficient (Wildman–Crippen LogP) is 1.48. The quantitative estimate of drug-likeness (QED) is 0.725. The van der Waals surface area contributed by atoms with Crippen LogP contribution in [0.1, 0.15) is 37.2 Å². The molecule has 0 aromatic carbocycles. The van der Waals surface area contributed by atoms with E-state index in [9.17, 15) is 4.79 Å². The molecule has 84 valence electrons. The number of aliphatic hydroxyl groups is 1. The van der Waals surface area contributed by atoms with Crippen LogP contribution in [0.3, 0.4) is 0 Å². The number of amides is 1. The van der Waals surface area contributed by atoms with Crippen molar-refractivity contribution in [2.45, 2.75) is 32.2 Å². The molecule has 0 aliphatic rings. The van der Waals surface area contributed by atoms with Crippen LogP contribution in [0.2, 0.25) is 0 Å². The second kappa shape index (κ2) is 6.53. The zero-order valence-electron chi connectivity index (χ0n) is 8.77. The number of aromatic nitrogens is 1. The third-order valence-corrected chi connectivity index (χ3v) is 2.97. The second-order valence-electron chi connectivity index (χ2n) is 3.34. The monoisotopic (exact) mass is 228 g/mol. The van der Waals surface area contributed by atoms with Crippen LogP contribution < -0.4 is 5.32 Å². The Morgan fingerprint density at radius 3 is 3.07 bits per heavy atom. The van der Waals surface area contributed by atoms with Gasteiger partial charge in [0, 0.05) is 24.6 Å². The van der Waals surface area contributed by atoms with Crippen molar-refractivity contribution in [2.24, 2.45) is 0 Å². The highest BCUT2D eigenvalue weighted by molar-refractivity contribution is 7.09. The summed E-state index contributed by atoms with van der Waals surface area (Å²) in [7, 11) is 0. The standard InChI is InChI=1S/C10H16N2O2S/c1-8(10-11-5-7-15-10)12-9(14)4-2-3-6-13/h5,7-8,13H,2-4,6H2,1H3,(H,12,14). The number of carbonyl (C=O) groups excluding carboxylic acids is 1. The number of aliphatic hydroxyl groups excluding tert-OH is 1. The van der Waals surface area contributed by atoms with E-state index in [4.69, 9.17) is 5.11 Å². The van der Waals surface area contributed by atoms with Gasteiger partial charge in [0.05, 0.1) is 6.04 Å². The Balaban J connectivity index is 2.26. The highest BCUT2D eigenvalue weighted by Crippen LogP contribution is 2.14. The van der Waals surface area contributed by atoms with E-state index in [1.165, 1.54) is 11.3 Å². The summed E-state index contributed by atoms with van der Waals surface area (Å²) in [4.78, 5) is 15.5. The molecule has 0 fully saturated rings. The van der Waals surface area contributed by atoms with Gasteiger partial charge in [-0.25, -0.2) is 4.98 Å². The van der Waals surface area contributed by atoms with E-state index in [1.54, 1.807) is 6.20 Å². The Morgan fingerprint density at radius 2 is 2.47 bits per heavy atom. The van der Waals surface area contributed by atoms with Gasteiger partial charge in [-0.2, -0.15) is 0 Å². The van der Waals surface area contributed by atoms with Gasteiger partial charge in [-0.3, -0.25) is 4.79 Å². The lowest BCUT2D eigenvalue weighted by molar-refractivity contribution is -0.121. The van der Waals surface area contributed by atoms with Crippen LogP contribution in [0.4, 0.5) is 0 Å². The molecular formula is C10H16N2O2S. The van der Waals surface area contributed by atoms with Gasteiger partial charge in [-0.15, -0.1) is 11.3 Å². The van der Waals surface area contributed by atoms with Gasteiger partial charge in [-0.05, 0) is 19.8 Å². The van der Waals surface area contributed by atoms with Crippen LogP contribution >= 0.6 is 11.3 Å². The van der Waals surface area contributed by atoms with E-state index in [0.717, 1.165) is 11.4 Å². The van der Waals surface area contributed by atoms with Crippen molar-refractivity contribution in [1.82, 2.24) is 10.3 Å². The maximum atomic E-state index is 11.4. The lowest BCUT2D eigenvalue weighted by Gasteiger charge is -2.10. The van der Waals surface area contributed by atoms with Gasteiger partial charge in [0.25, 0.3) is 0 Å². The maximum absolute atomic E-state index is 11.4. The summed E-state index contributed by atoms with van der Waals surface area (Å²) in [6.07, 6.45) is 3.61. The predicted molar refractivity (Wildman–Crippen MR) is 59.6 cm³/mol. The number of thiazole rings is 1. The minimum atomic E-state index is -0.0216. The van der Waals surface area contributed by atoms with Gasteiger partial charge in [0.1, 0.15) is 5.01 Å². The lowest BCUT2D eigenvalue weighted by atomic mass is 10.2. The van der Waals surface area contributed by atoms with Crippen molar-refractivity contribution >= 4 is 17.2 Å². The minimum absolute atomic E-state index is 0.0196. The van der Waals surface area contributed by atoms with E-state index < -0.39 is 0 Å². The summed E-state index contributed by atoms with van der Waals surface area (Å²) in [6.45, 7) is 2.07. The molecule has 0 spiro atoms. The van der Waals surface area contributed by atoms with Crippen LogP contribution in [-0.4, -0.2) is 22.6 Å². The molecule has 1 unspecified atom stereocenters. The van der Waals surface area contributed by atoms with Gasteiger partial charge in [-0.1, -0.05) is 0 Å². The molecule has 1 rings (SSSR count). The van der Waals surface area contributed by atoms with E-state index in [0.29, 0.717) is 12.8 Å². The molecule has 4 nitrogen and oxygen atoms in total. The Hall–Kier alpha value is -0.940. The first-order valence-electron chi connectivity index (χ1n) is 5.03. The molecule has 1 heterocycles. The molecule has 1 aromatic heterocycles. The van der Waals surface area contributed by atoms with Crippen molar-refractivity contribution in [2.75, 3.05) is 6.61 Å². The normalized spacial score (nSPS) is 12.4. The molecule has 0 saturated heterocycles. The molecule has 5 heteroatoms. The fourth-order valence-electron chi connectivity index (χ4n) is 1.22. The van der Waals surface area contributed by atoms with Crippen LogP contribution in [0, 0.1) is 0 Å². The molecular weight excluding hydrogens is 212 g/mol. The van der Waals surface area contributed by atoms with Crippen molar-refractivity contribution < 1.29 is 9.90 Å². The summed E-state index contributed by atoms with van der Waals surface area (Å²) in [5.74, 6) is 0.0196. The highest BCUT2D eigenvalue weighted by Gasteiger charge is 2.10. The molecule has 1 aromatic rings. The Morgan fingerprint density at radius 1 is 1.67 bits per heavy atom. The zero-order chi connectivity index (χ0) is 11.1. The molecule has 15 heavy (non-hydrogen) atoms. The largest absolute Gasteiger partial charge is 0.396 e. The molecule has 0 saturated carbocycles. The van der Waals surface area contributed by atoms with Crippen molar-refractivity contribution in [3.8, 4) is 0 Å². The Kier molecular flexibility index (Phi) is 5.28. The van der Waals surface area contributed by atoms with E-state index >= 15 is 0 Å². The summed E-state index contributed by atoms with van der Waals surface area (Å²) < 4.78 is 0. The average molecular weight is 228 g/mol. The summed E-state index contributed by atoms with van der Waals surface area (Å²) >= 11 is 1.54. The maximum Gasteiger partial charge on any atom is 0.220 e. The first-order chi connectivity index (χ1) is 7.24. The van der Waals surface area contributed by atoms with Gasteiger partial charge in [0.15, 0.2) is 0 Å². The second-order valence-corrected chi connectivity index (χ2v) is 4.27. The first kappa shape index (κ1) is 12.1. The van der Waals surface area contributed by atoms with Crippen LogP contribution in [0.25, 0.3) is 0 Å². The van der Waals surface area contributed by atoms with Crippen molar-refractivity contribution in [3.63, 3.8) is 0 Å². The summed E-state index contributed by atoms with van der Waals surface area (Å²) in [6, 6.07) is -0.0216. The van der Waals surface area contributed by atoms with E-state index in [1.807, 2.05) is 12.3 Å². The third-order valence-electron chi connectivity index (χ3n) is 2.01. The number of rotatable bonds is 6. The zero-order valence-corrected chi connectivity index (χ0v) is 9.59. The molecule has 1 amide bonds. The molecule has 0 aliphatic carbocycles. The number of carbonyl (C=O) groups is 1. The van der Waals surface area contributed by atoms with Gasteiger partial charge >= 0.3 is 0 Å². The van der Waals surface area contributed by atoms with Gasteiger partial charge in [0.2, 0.25) is 5.91 Å². The third kappa shape index (κ3) is 4.40. The molecule has 2 N–H and O–H groups in total. The number of nitrogens with zero attached hydrogens (tertiary/aromatic N) is 1. The van der Waals surface area contributed by atoms with Crippen LogP contribution in [-0.2, 0) is 4.79 Å². The molecule has 1 atom stereocenters. The number of hydrogen-bond donors (Lipinski definition) is 2. The lowest BCUT2D eigenvalue weighted by Crippen LogP contribution is -2.26. The van der Waals surface area contributed by atoms with Crippen LogP contribution in [0.5, 0.6) is 0 Å². The van der Waals surface area contributed by atoms with E-state index in [2.05, 4.69) is 10.3 Å². The van der Waals surface area contributed by atoms with E-state index in [-0.39, 0.29) is 18.6 Å². The number of nitrogens with one attached hydrogen (secondary N) is 1. The number of unbranched alkanes of at least 4 members (excludes halogenated alkanes) is 1. The fourth-order valence-corrected chi connectivity index (χ4v) is 1.87. The Labute approximate surface area is 93.4 Å². The Bertz CT molecular complexity index is 288. The van der Waals surface area contributed by atoms with Crippen molar-refractivity contribution in [3.05, 3.63) is 16.6 Å². The number of hydrogen-bond acceptors (Lipinski definition) is 4. The van der Waals surface area contributed by atoms with Gasteiger partial charge < -0.3 is 10.4 Å². The molecule has 0 radical (unpaired) electrons. The summed E-state index contributed by atoms with van der Waals surface area (Å²) in [5.41, 5.74) is 0.